The second kappa shape index (κ2) is 6.38. The van der Waals surface area contributed by atoms with E-state index in [1.54, 1.807) is 0 Å². The van der Waals surface area contributed by atoms with Gasteiger partial charge < -0.3 is 0 Å². The standard InChI is InChI=1S/C22H36N2O2/c1-13(2)17-7-8-18-16-6-5-14-11-15(23-25)9-10-21(14,3)19(16)12-20(24-26)22(17,18)4/h13-20H,5-12H2,1-4H3/t14?,15?,16-,17?,18?,19?,20?,21?,22?/m1/s1. The van der Waals surface area contributed by atoms with E-state index in [1.807, 2.05) is 0 Å². The van der Waals surface area contributed by atoms with Gasteiger partial charge in [0.25, 0.3) is 0 Å². The van der Waals surface area contributed by atoms with Crippen LogP contribution in [0, 0.1) is 56.2 Å². The maximum Gasteiger partial charge on any atom is 0.0981 e. The van der Waals surface area contributed by atoms with Gasteiger partial charge in [0.05, 0.1) is 12.1 Å². The van der Waals surface area contributed by atoms with Gasteiger partial charge >= 0.3 is 0 Å². The van der Waals surface area contributed by atoms with Gasteiger partial charge in [-0.2, -0.15) is 9.81 Å². The molecule has 9 atom stereocenters. The summed E-state index contributed by atoms with van der Waals surface area (Å²) in [5.41, 5.74) is 0.381. The van der Waals surface area contributed by atoms with Crippen LogP contribution in [0.15, 0.2) is 10.4 Å². The van der Waals surface area contributed by atoms with Crippen molar-refractivity contribution in [2.24, 2.45) is 56.7 Å². The van der Waals surface area contributed by atoms with E-state index in [9.17, 15) is 9.81 Å². The molecular formula is C22H36N2O2. The lowest BCUT2D eigenvalue weighted by atomic mass is 9.43. The summed E-state index contributed by atoms with van der Waals surface area (Å²) in [6.45, 7) is 9.53. The van der Waals surface area contributed by atoms with E-state index in [2.05, 4.69) is 38.0 Å². The molecule has 4 aliphatic carbocycles. The Morgan fingerprint density at radius 1 is 0.885 bits per heavy atom. The lowest BCUT2D eigenvalue weighted by molar-refractivity contribution is -0.123. The van der Waals surface area contributed by atoms with Crippen molar-refractivity contribution in [2.75, 3.05) is 0 Å². The highest BCUT2D eigenvalue weighted by atomic mass is 16.3. The van der Waals surface area contributed by atoms with Gasteiger partial charge in [-0.05, 0) is 97.7 Å². The summed E-state index contributed by atoms with van der Waals surface area (Å²) in [6.07, 6.45) is 9.09. The third kappa shape index (κ3) is 2.39. The minimum absolute atomic E-state index is 0.0234. The molecule has 4 rings (SSSR count). The van der Waals surface area contributed by atoms with Crippen LogP contribution in [0.4, 0.5) is 0 Å². The van der Waals surface area contributed by atoms with Crippen molar-refractivity contribution in [3.05, 3.63) is 9.81 Å². The molecule has 0 heterocycles. The molecule has 8 unspecified atom stereocenters. The molecule has 0 saturated heterocycles. The lowest BCUT2D eigenvalue weighted by Crippen LogP contribution is -2.58. The van der Waals surface area contributed by atoms with Crippen LogP contribution in [-0.4, -0.2) is 12.1 Å². The van der Waals surface area contributed by atoms with Gasteiger partial charge in [0.15, 0.2) is 0 Å². The third-order valence-electron chi connectivity index (χ3n) is 9.90. The van der Waals surface area contributed by atoms with Crippen LogP contribution in [0.1, 0.15) is 79.1 Å². The second-order valence-corrected chi connectivity index (χ2v) is 10.8. The summed E-state index contributed by atoms with van der Waals surface area (Å²) in [6, 6.07) is -0.00331. The van der Waals surface area contributed by atoms with Crippen LogP contribution >= 0.6 is 0 Å². The van der Waals surface area contributed by atoms with E-state index in [4.69, 9.17) is 0 Å². The number of fused-ring (bicyclic) bond motifs is 5. The SMILES string of the molecule is CC(C)C1CCC2[C@H]3CCC4CC(N=O)CCC4(C)C3CC(N=O)C12C. The number of nitroso groups, excluding NO2 is 2. The molecule has 0 spiro atoms. The number of hydrogen-bond acceptors (Lipinski definition) is 4. The minimum Gasteiger partial charge on any atom is -0.151 e. The molecule has 0 amide bonds. The molecule has 4 heteroatoms. The Balaban J connectivity index is 1.67. The zero-order valence-electron chi connectivity index (χ0n) is 17.0. The topological polar surface area (TPSA) is 58.9 Å². The van der Waals surface area contributed by atoms with E-state index >= 15 is 0 Å². The Bertz CT molecular complexity index is 578. The predicted molar refractivity (Wildman–Crippen MR) is 105 cm³/mol. The van der Waals surface area contributed by atoms with E-state index in [1.165, 1.54) is 25.7 Å². The fourth-order valence-corrected chi connectivity index (χ4v) is 8.57. The van der Waals surface area contributed by atoms with Crippen LogP contribution < -0.4 is 0 Å². The van der Waals surface area contributed by atoms with Crippen molar-refractivity contribution in [1.29, 1.82) is 0 Å². The summed E-state index contributed by atoms with van der Waals surface area (Å²) in [4.78, 5) is 23.1. The molecule has 0 aliphatic heterocycles. The van der Waals surface area contributed by atoms with Gasteiger partial charge in [-0.3, -0.25) is 0 Å². The molecule has 4 fully saturated rings. The second-order valence-electron chi connectivity index (χ2n) is 10.8. The van der Waals surface area contributed by atoms with Crippen LogP contribution in [0.25, 0.3) is 0 Å². The predicted octanol–water partition coefficient (Wildman–Crippen LogP) is 6.18. The first kappa shape index (κ1) is 18.6. The van der Waals surface area contributed by atoms with Gasteiger partial charge in [-0.25, -0.2) is 0 Å². The molecule has 0 bridgehead atoms. The molecule has 4 nitrogen and oxygen atoms in total. The minimum atomic E-state index is -0.0267. The quantitative estimate of drug-likeness (QED) is 0.564. The molecule has 0 aromatic rings. The van der Waals surface area contributed by atoms with E-state index in [-0.39, 0.29) is 22.9 Å². The van der Waals surface area contributed by atoms with Crippen LogP contribution in [0.3, 0.4) is 0 Å². The largest absolute Gasteiger partial charge is 0.151 e. The van der Waals surface area contributed by atoms with Gasteiger partial charge in [0.2, 0.25) is 0 Å². The Morgan fingerprint density at radius 2 is 1.65 bits per heavy atom. The van der Waals surface area contributed by atoms with Crippen molar-refractivity contribution in [3.63, 3.8) is 0 Å². The molecule has 0 aromatic heterocycles. The first-order chi connectivity index (χ1) is 12.4. The first-order valence-corrected chi connectivity index (χ1v) is 11.0. The summed E-state index contributed by atoms with van der Waals surface area (Å²) in [5.74, 6) is 3.91. The fraction of sp³-hybridized carbons (Fsp3) is 1.00. The van der Waals surface area contributed by atoms with Crippen molar-refractivity contribution < 1.29 is 0 Å². The first-order valence-electron chi connectivity index (χ1n) is 11.0. The van der Waals surface area contributed by atoms with E-state index < -0.39 is 0 Å². The highest BCUT2D eigenvalue weighted by Gasteiger charge is 2.64. The maximum absolute atomic E-state index is 12.0. The molecule has 26 heavy (non-hydrogen) atoms. The Morgan fingerprint density at radius 3 is 2.31 bits per heavy atom. The molecule has 0 N–H and O–H groups in total. The Labute approximate surface area is 158 Å². The smallest absolute Gasteiger partial charge is 0.0981 e. The zero-order chi connectivity index (χ0) is 18.7. The lowest BCUT2D eigenvalue weighted by Gasteiger charge is -2.62. The monoisotopic (exact) mass is 360 g/mol. The molecule has 0 radical (unpaired) electrons. The molecular weight excluding hydrogens is 324 g/mol. The van der Waals surface area contributed by atoms with Crippen LogP contribution in [0.5, 0.6) is 0 Å². The highest BCUT2D eigenvalue weighted by Crippen LogP contribution is 2.68. The molecule has 0 aromatic carbocycles. The van der Waals surface area contributed by atoms with Gasteiger partial charge in [-0.1, -0.05) is 38.0 Å². The van der Waals surface area contributed by atoms with E-state index in [0.717, 1.165) is 31.6 Å². The average Bonchev–Trinajstić information content (AvgIpc) is 2.98. The highest BCUT2D eigenvalue weighted by molar-refractivity contribution is 5.14. The van der Waals surface area contributed by atoms with Crippen LogP contribution in [0.2, 0.25) is 0 Å². The van der Waals surface area contributed by atoms with Crippen molar-refractivity contribution in [2.45, 2.75) is 91.1 Å². The third-order valence-corrected chi connectivity index (χ3v) is 9.90. The normalized spacial score (nSPS) is 53.5. The molecule has 4 aliphatic rings. The number of nitrogens with zero attached hydrogens (tertiary/aromatic N) is 2. The van der Waals surface area contributed by atoms with Gasteiger partial charge in [0, 0.05) is 0 Å². The zero-order valence-corrected chi connectivity index (χ0v) is 17.0. The van der Waals surface area contributed by atoms with Crippen molar-refractivity contribution >= 4 is 0 Å². The van der Waals surface area contributed by atoms with Gasteiger partial charge in [-0.15, -0.1) is 0 Å². The number of hydrogen-bond donors (Lipinski definition) is 0. The maximum atomic E-state index is 12.0. The van der Waals surface area contributed by atoms with Gasteiger partial charge in [0.1, 0.15) is 0 Å². The van der Waals surface area contributed by atoms with Crippen molar-refractivity contribution in [3.8, 4) is 0 Å². The fourth-order valence-electron chi connectivity index (χ4n) is 8.57. The summed E-state index contributed by atoms with van der Waals surface area (Å²) in [5, 5.41) is 7.15. The summed E-state index contributed by atoms with van der Waals surface area (Å²) < 4.78 is 0. The molecule has 146 valence electrons. The van der Waals surface area contributed by atoms with Crippen molar-refractivity contribution in [1.82, 2.24) is 0 Å². The number of rotatable bonds is 3. The van der Waals surface area contributed by atoms with E-state index in [0.29, 0.717) is 29.6 Å². The Kier molecular flexibility index (Phi) is 4.55. The summed E-state index contributed by atoms with van der Waals surface area (Å²) in [7, 11) is 0. The molecule has 4 saturated carbocycles. The Hall–Kier alpha value is -0.800. The summed E-state index contributed by atoms with van der Waals surface area (Å²) >= 11 is 0. The average molecular weight is 361 g/mol. The van der Waals surface area contributed by atoms with Crippen LogP contribution in [-0.2, 0) is 0 Å².